The van der Waals surface area contributed by atoms with Crippen LogP contribution in [-0.2, 0) is 18.9 Å². The Morgan fingerprint density at radius 3 is 2.29 bits per heavy atom. The molecule has 0 bridgehead atoms. The maximum absolute atomic E-state index is 10.3. The molecule has 17 heavy (non-hydrogen) atoms. The van der Waals surface area contributed by atoms with Crippen LogP contribution in [0.3, 0.4) is 0 Å². The minimum Gasteiger partial charge on any atom is -0.373 e. The highest BCUT2D eigenvalue weighted by atomic mass is 16.8. The van der Waals surface area contributed by atoms with Crippen LogP contribution < -0.4 is 0 Å². The van der Waals surface area contributed by atoms with E-state index in [1.807, 2.05) is 0 Å². The van der Waals surface area contributed by atoms with Crippen LogP contribution in [0.5, 0.6) is 0 Å². The molecule has 6 heteroatoms. The summed E-state index contributed by atoms with van der Waals surface area (Å²) in [5.74, 6) is -2.38. The summed E-state index contributed by atoms with van der Waals surface area (Å²) in [4.78, 5) is 0. The molecular formula is C11H20O6. The van der Waals surface area contributed by atoms with E-state index in [1.165, 1.54) is 7.11 Å². The minimum atomic E-state index is -1.56. The van der Waals surface area contributed by atoms with Crippen molar-refractivity contribution in [2.45, 2.75) is 63.4 Å². The van der Waals surface area contributed by atoms with Gasteiger partial charge in [-0.1, -0.05) is 6.92 Å². The number of hydrogen-bond donors (Lipinski definition) is 2. The van der Waals surface area contributed by atoms with Gasteiger partial charge in [0, 0.05) is 13.5 Å². The second kappa shape index (κ2) is 4.15. The van der Waals surface area contributed by atoms with Gasteiger partial charge in [0.25, 0.3) is 0 Å². The third-order valence-electron chi connectivity index (χ3n) is 3.27. The maximum atomic E-state index is 10.3. The SMILES string of the molecule is CC[C@]1(O)OC(O)C2OC(C)(C)OC2C1OC. The van der Waals surface area contributed by atoms with Crippen LogP contribution in [0.1, 0.15) is 27.2 Å². The van der Waals surface area contributed by atoms with E-state index in [9.17, 15) is 10.2 Å². The van der Waals surface area contributed by atoms with E-state index in [4.69, 9.17) is 18.9 Å². The Bertz CT molecular complexity index is 294. The Balaban J connectivity index is 2.28. The molecule has 0 aliphatic carbocycles. The first-order chi connectivity index (χ1) is 7.83. The molecule has 0 aromatic heterocycles. The summed E-state index contributed by atoms with van der Waals surface area (Å²) in [7, 11) is 1.47. The van der Waals surface area contributed by atoms with Crippen LogP contribution in [0.4, 0.5) is 0 Å². The first-order valence-electron chi connectivity index (χ1n) is 5.79. The lowest BCUT2D eigenvalue weighted by Crippen LogP contribution is -2.63. The Labute approximate surface area is 100 Å². The average molecular weight is 248 g/mol. The number of aliphatic hydroxyl groups excluding tert-OH is 1. The summed E-state index contributed by atoms with van der Waals surface area (Å²) in [5, 5.41) is 20.1. The molecule has 0 saturated carbocycles. The maximum Gasteiger partial charge on any atom is 0.197 e. The Hall–Kier alpha value is -0.240. The topological polar surface area (TPSA) is 77.4 Å². The van der Waals surface area contributed by atoms with E-state index in [-0.39, 0.29) is 6.42 Å². The predicted molar refractivity (Wildman–Crippen MR) is 57.0 cm³/mol. The molecule has 0 amide bonds. The van der Waals surface area contributed by atoms with Crippen molar-refractivity contribution in [3.63, 3.8) is 0 Å². The van der Waals surface area contributed by atoms with Crippen LogP contribution >= 0.6 is 0 Å². The molecule has 0 spiro atoms. The van der Waals surface area contributed by atoms with Gasteiger partial charge in [-0.25, -0.2) is 0 Å². The lowest BCUT2D eigenvalue weighted by molar-refractivity contribution is -0.372. The number of aliphatic hydroxyl groups is 2. The minimum absolute atomic E-state index is 0.287. The van der Waals surface area contributed by atoms with Gasteiger partial charge in [-0.05, 0) is 13.8 Å². The molecule has 2 aliphatic heterocycles. The molecule has 5 atom stereocenters. The zero-order valence-corrected chi connectivity index (χ0v) is 10.5. The van der Waals surface area contributed by atoms with Gasteiger partial charge in [-0.3, -0.25) is 0 Å². The largest absolute Gasteiger partial charge is 0.373 e. The third-order valence-corrected chi connectivity index (χ3v) is 3.27. The molecule has 0 radical (unpaired) electrons. The molecule has 0 aromatic carbocycles. The zero-order valence-electron chi connectivity index (χ0n) is 10.5. The van der Waals surface area contributed by atoms with Crippen molar-refractivity contribution >= 4 is 0 Å². The third kappa shape index (κ3) is 2.09. The van der Waals surface area contributed by atoms with Gasteiger partial charge in [0.1, 0.15) is 18.3 Å². The molecule has 4 unspecified atom stereocenters. The molecule has 6 nitrogen and oxygen atoms in total. The predicted octanol–water partition coefficient (Wildman–Crippen LogP) is -0.0313. The van der Waals surface area contributed by atoms with E-state index in [1.54, 1.807) is 20.8 Å². The van der Waals surface area contributed by atoms with Crippen molar-refractivity contribution in [1.82, 2.24) is 0 Å². The highest BCUT2D eigenvalue weighted by Crippen LogP contribution is 2.41. The molecule has 2 saturated heterocycles. The average Bonchev–Trinajstić information content (AvgIpc) is 2.55. The van der Waals surface area contributed by atoms with Gasteiger partial charge in [0.2, 0.25) is 0 Å². The summed E-state index contributed by atoms with van der Waals surface area (Å²) in [6, 6.07) is 0. The van der Waals surface area contributed by atoms with Crippen LogP contribution in [0.25, 0.3) is 0 Å². The lowest BCUT2D eigenvalue weighted by Gasteiger charge is -2.44. The Morgan fingerprint density at radius 1 is 1.18 bits per heavy atom. The fourth-order valence-corrected chi connectivity index (χ4v) is 2.47. The van der Waals surface area contributed by atoms with E-state index >= 15 is 0 Å². The second-order valence-corrected chi connectivity index (χ2v) is 4.93. The van der Waals surface area contributed by atoms with Crippen LogP contribution in [0.15, 0.2) is 0 Å². The fraction of sp³-hybridized carbons (Fsp3) is 1.00. The van der Waals surface area contributed by atoms with Gasteiger partial charge >= 0.3 is 0 Å². The van der Waals surface area contributed by atoms with Gasteiger partial charge in [-0.15, -0.1) is 0 Å². The summed E-state index contributed by atoms with van der Waals surface area (Å²) >= 11 is 0. The molecule has 2 N–H and O–H groups in total. The number of rotatable bonds is 2. The van der Waals surface area contributed by atoms with Crippen LogP contribution in [0, 0.1) is 0 Å². The number of methoxy groups -OCH3 is 1. The Kier molecular flexibility index (Phi) is 3.22. The lowest BCUT2D eigenvalue weighted by atomic mass is 9.94. The van der Waals surface area contributed by atoms with Crippen molar-refractivity contribution in [1.29, 1.82) is 0 Å². The van der Waals surface area contributed by atoms with Gasteiger partial charge in [0.15, 0.2) is 17.9 Å². The van der Waals surface area contributed by atoms with Gasteiger partial charge < -0.3 is 29.2 Å². The fourth-order valence-electron chi connectivity index (χ4n) is 2.47. The summed E-state index contributed by atoms with van der Waals surface area (Å²) in [5.41, 5.74) is 0. The quantitative estimate of drug-likeness (QED) is 0.714. The summed E-state index contributed by atoms with van der Waals surface area (Å²) in [6.07, 6.45) is -2.83. The first-order valence-corrected chi connectivity index (χ1v) is 5.79. The highest BCUT2D eigenvalue weighted by Gasteiger charge is 2.60. The van der Waals surface area contributed by atoms with Crippen LogP contribution in [0.2, 0.25) is 0 Å². The number of hydrogen-bond acceptors (Lipinski definition) is 6. The molecule has 100 valence electrons. The summed E-state index contributed by atoms with van der Waals surface area (Å²) < 4.78 is 21.7. The molecular weight excluding hydrogens is 228 g/mol. The van der Waals surface area contributed by atoms with E-state index in [2.05, 4.69) is 0 Å². The van der Waals surface area contributed by atoms with Gasteiger partial charge in [0.05, 0.1) is 0 Å². The highest BCUT2D eigenvalue weighted by molar-refractivity contribution is 4.99. The molecule has 2 aliphatic rings. The van der Waals surface area contributed by atoms with Crippen molar-refractivity contribution in [2.24, 2.45) is 0 Å². The Morgan fingerprint density at radius 2 is 1.76 bits per heavy atom. The smallest absolute Gasteiger partial charge is 0.197 e. The van der Waals surface area contributed by atoms with Crippen LogP contribution in [-0.4, -0.2) is 53.5 Å². The molecule has 2 fully saturated rings. The standard InChI is InChI=1S/C11H20O6/c1-5-11(13)8(14-4)6-7(9(12)17-11)16-10(2,3)15-6/h6-9,12-13H,5H2,1-4H3/t6?,7?,8?,9?,11-/m0/s1. The van der Waals surface area contributed by atoms with E-state index < -0.39 is 36.2 Å². The van der Waals surface area contributed by atoms with E-state index in [0.717, 1.165) is 0 Å². The van der Waals surface area contributed by atoms with Crippen molar-refractivity contribution in [2.75, 3.05) is 7.11 Å². The number of fused-ring (bicyclic) bond motifs is 1. The second-order valence-electron chi connectivity index (χ2n) is 4.93. The molecule has 2 heterocycles. The normalized spacial score (nSPS) is 49.1. The molecule has 0 aromatic rings. The zero-order chi connectivity index (χ0) is 12.8. The number of ether oxygens (including phenoxy) is 4. The van der Waals surface area contributed by atoms with Crippen molar-refractivity contribution < 1.29 is 29.2 Å². The molecule has 2 rings (SSSR count). The monoisotopic (exact) mass is 248 g/mol. The van der Waals surface area contributed by atoms with Gasteiger partial charge in [-0.2, -0.15) is 0 Å². The summed E-state index contributed by atoms with van der Waals surface area (Å²) in [6.45, 7) is 5.24. The van der Waals surface area contributed by atoms with Crippen molar-refractivity contribution in [3.05, 3.63) is 0 Å². The first kappa shape index (κ1) is 13.2. The van der Waals surface area contributed by atoms with E-state index in [0.29, 0.717) is 0 Å². The van der Waals surface area contributed by atoms with Crippen molar-refractivity contribution in [3.8, 4) is 0 Å².